The predicted octanol–water partition coefficient (Wildman–Crippen LogP) is 4.31. The largest absolute Gasteiger partial charge is 0.489 e. The van der Waals surface area contributed by atoms with Gasteiger partial charge in [0.05, 0.1) is 11.8 Å². The van der Waals surface area contributed by atoms with Crippen LogP contribution in [0.2, 0.25) is 0 Å². The highest BCUT2D eigenvalue weighted by Gasteiger charge is 2.19. The van der Waals surface area contributed by atoms with Crippen molar-refractivity contribution >= 4 is 11.7 Å². The van der Waals surface area contributed by atoms with Crippen molar-refractivity contribution in [3.63, 3.8) is 0 Å². The summed E-state index contributed by atoms with van der Waals surface area (Å²) in [6.45, 7) is 8.41. The molecule has 0 radical (unpaired) electrons. The van der Waals surface area contributed by atoms with Gasteiger partial charge >= 0.3 is 6.03 Å². The van der Waals surface area contributed by atoms with Gasteiger partial charge in [-0.15, -0.1) is 0 Å². The first-order valence-corrected chi connectivity index (χ1v) is 8.19. The normalized spacial score (nSPS) is 10.8. The van der Waals surface area contributed by atoms with Gasteiger partial charge < -0.3 is 15.0 Å². The number of carbonyl (C=O) groups is 1. The molecule has 0 aliphatic heterocycles. The SMILES string of the molecule is CC(C)Oc1ccccc1NC(=O)N(Cc1cccnc1)C(C)C. The zero-order valence-electron chi connectivity index (χ0n) is 14.7. The summed E-state index contributed by atoms with van der Waals surface area (Å²) in [6.07, 6.45) is 3.54. The van der Waals surface area contributed by atoms with E-state index in [2.05, 4.69) is 10.3 Å². The van der Waals surface area contributed by atoms with Crippen molar-refractivity contribution in [1.29, 1.82) is 0 Å². The van der Waals surface area contributed by atoms with Crippen LogP contribution in [0, 0.1) is 0 Å². The fraction of sp³-hybridized carbons (Fsp3) is 0.368. The van der Waals surface area contributed by atoms with Gasteiger partial charge in [-0.1, -0.05) is 18.2 Å². The van der Waals surface area contributed by atoms with E-state index in [-0.39, 0.29) is 18.2 Å². The summed E-state index contributed by atoms with van der Waals surface area (Å²) in [4.78, 5) is 18.6. The van der Waals surface area contributed by atoms with Crippen molar-refractivity contribution in [2.75, 3.05) is 5.32 Å². The van der Waals surface area contributed by atoms with Crippen molar-refractivity contribution in [3.8, 4) is 5.75 Å². The topological polar surface area (TPSA) is 54.5 Å². The van der Waals surface area contributed by atoms with Crippen LogP contribution >= 0.6 is 0 Å². The van der Waals surface area contributed by atoms with Crippen LogP contribution in [0.3, 0.4) is 0 Å². The molecule has 1 aromatic heterocycles. The zero-order chi connectivity index (χ0) is 17.5. The number of hydrogen-bond acceptors (Lipinski definition) is 3. The Hall–Kier alpha value is -2.56. The Morgan fingerprint density at radius 2 is 1.92 bits per heavy atom. The molecule has 5 heteroatoms. The summed E-state index contributed by atoms with van der Waals surface area (Å²) in [5, 5.41) is 2.96. The van der Waals surface area contributed by atoms with E-state index in [9.17, 15) is 4.79 Å². The summed E-state index contributed by atoms with van der Waals surface area (Å²) in [5.74, 6) is 0.672. The lowest BCUT2D eigenvalue weighted by atomic mass is 10.2. The van der Waals surface area contributed by atoms with E-state index in [1.807, 2.05) is 64.1 Å². The van der Waals surface area contributed by atoms with Gasteiger partial charge in [-0.05, 0) is 51.5 Å². The molecule has 0 fully saturated rings. The average molecular weight is 327 g/mol. The number of pyridine rings is 1. The molecule has 2 rings (SSSR count). The molecule has 0 aliphatic rings. The second-order valence-corrected chi connectivity index (χ2v) is 6.18. The number of nitrogens with one attached hydrogen (secondary N) is 1. The first kappa shape index (κ1) is 17.8. The molecule has 0 unspecified atom stereocenters. The Kier molecular flexibility index (Phi) is 6.18. The third-order valence-corrected chi connectivity index (χ3v) is 3.45. The summed E-state index contributed by atoms with van der Waals surface area (Å²) in [5.41, 5.74) is 1.67. The number of nitrogens with zero attached hydrogens (tertiary/aromatic N) is 2. The highest BCUT2D eigenvalue weighted by Crippen LogP contribution is 2.25. The number of hydrogen-bond donors (Lipinski definition) is 1. The van der Waals surface area contributed by atoms with Crippen molar-refractivity contribution in [3.05, 3.63) is 54.4 Å². The standard InChI is InChI=1S/C19H25N3O2/c1-14(2)22(13-16-8-7-11-20-12-16)19(23)21-17-9-5-6-10-18(17)24-15(3)4/h5-12,14-15H,13H2,1-4H3,(H,21,23). The fourth-order valence-electron chi connectivity index (χ4n) is 2.29. The first-order valence-electron chi connectivity index (χ1n) is 8.19. The molecule has 5 nitrogen and oxygen atoms in total. The number of ether oxygens (including phenoxy) is 1. The summed E-state index contributed by atoms with van der Waals surface area (Å²) in [7, 11) is 0. The Balaban J connectivity index is 2.14. The minimum absolute atomic E-state index is 0.0413. The van der Waals surface area contributed by atoms with Gasteiger partial charge in [0.25, 0.3) is 0 Å². The molecule has 2 amide bonds. The molecule has 1 aromatic carbocycles. The van der Waals surface area contributed by atoms with Gasteiger partial charge in [-0.25, -0.2) is 4.79 Å². The van der Waals surface area contributed by atoms with E-state index < -0.39 is 0 Å². The lowest BCUT2D eigenvalue weighted by Gasteiger charge is -2.27. The monoisotopic (exact) mass is 327 g/mol. The van der Waals surface area contributed by atoms with E-state index in [0.29, 0.717) is 18.0 Å². The van der Waals surface area contributed by atoms with Crippen molar-refractivity contribution in [1.82, 2.24) is 9.88 Å². The van der Waals surface area contributed by atoms with E-state index in [0.717, 1.165) is 5.56 Å². The van der Waals surface area contributed by atoms with Crippen LogP contribution in [0.15, 0.2) is 48.8 Å². The highest BCUT2D eigenvalue weighted by atomic mass is 16.5. The molecule has 0 saturated heterocycles. The second-order valence-electron chi connectivity index (χ2n) is 6.18. The van der Waals surface area contributed by atoms with Gasteiger partial charge in [0.1, 0.15) is 5.75 Å². The number of rotatable bonds is 6. The van der Waals surface area contributed by atoms with Crippen LogP contribution in [0.25, 0.3) is 0 Å². The minimum Gasteiger partial charge on any atom is -0.489 e. The second kappa shape index (κ2) is 8.34. The smallest absolute Gasteiger partial charge is 0.322 e. The Morgan fingerprint density at radius 1 is 1.17 bits per heavy atom. The van der Waals surface area contributed by atoms with E-state index in [1.54, 1.807) is 17.3 Å². The van der Waals surface area contributed by atoms with Gasteiger partial charge in [0.2, 0.25) is 0 Å². The van der Waals surface area contributed by atoms with Crippen LogP contribution in [-0.4, -0.2) is 28.1 Å². The maximum atomic E-state index is 12.7. The molecule has 0 saturated carbocycles. The van der Waals surface area contributed by atoms with Crippen LogP contribution in [0.5, 0.6) is 5.75 Å². The first-order chi connectivity index (χ1) is 11.5. The number of amides is 2. The molecule has 128 valence electrons. The molecule has 24 heavy (non-hydrogen) atoms. The van der Waals surface area contributed by atoms with Crippen LogP contribution < -0.4 is 10.1 Å². The summed E-state index contributed by atoms with van der Waals surface area (Å²) >= 11 is 0. The Morgan fingerprint density at radius 3 is 2.54 bits per heavy atom. The third-order valence-electron chi connectivity index (χ3n) is 3.45. The van der Waals surface area contributed by atoms with Crippen LogP contribution in [0.1, 0.15) is 33.3 Å². The molecule has 0 bridgehead atoms. The summed E-state index contributed by atoms with van der Waals surface area (Å²) < 4.78 is 5.76. The Bertz CT molecular complexity index is 657. The van der Waals surface area contributed by atoms with Crippen LogP contribution in [-0.2, 0) is 6.54 Å². The van der Waals surface area contributed by atoms with Crippen LogP contribution in [0.4, 0.5) is 10.5 Å². The Labute approximate surface area is 143 Å². The molecule has 1 N–H and O–H groups in total. The number of carbonyl (C=O) groups excluding carboxylic acids is 1. The van der Waals surface area contributed by atoms with Gasteiger partial charge in [-0.2, -0.15) is 0 Å². The molecule has 0 atom stereocenters. The number of urea groups is 1. The maximum Gasteiger partial charge on any atom is 0.322 e. The molecule has 0 aliphatic carbocycles. The van der Waals surface area contributed by atoms with Crippen molar-refractivity contribution in [2.24, 2.45) is 0 Å². The molecular weight excluding hydrogens is 302 g/mol. The number of aromatic nitrogens is 1. The summed E-state index contributed by atoms with van der Waals surface area (Å²) in [6, 6.07) is 11.2. The maximum absolute atomic E-state index is 12.7. The lowest BCUT2D eigenvalue weighted by Crippen LogP contribution is -2.39. The molecular formula is C19H25N3O2. The van der Waals surface area contributed by atoms with Crippen molar-refractivity contribution < 1.29 is 9.53 Å². The number of para-hydroxylation sites is 2. The van der Waals surface area contributed by atoms with E-state index in [1.165, 1.54) is 0 Å². The highest BCUT2D eigenvalue weighted by molar-refractivity contribution is 5.91. The van der Waals surface area contributed by atoms with Gasteiger partial charge in [0, 0.05) is 25.0 Å². The molecule has 0 spiro atoms. The van der Waals surface area contributed by atoms with Gasteiger partial charge in [-0.3, -0.25) is 4.98 Å². The lowest BCUT2D eigenvalue weighted by molar-refractivity contribution is 0.193. The zero-order valence-corrected chi connectivity index (χ0v) is 14.7. The van der Waals surface area contributed by atoms with E-state index in [4.69, 9.17) is 4.74 Å². The minimum atomic E-state index is -0.159. The molecule has 2 aromatic rings. The third kappa shape index (κ3) is 4.98. The number of benzene rings is 1. The predicted molar refractivity (Wildman–Crippen MR) is 96.1 cm³/mol. The van der Waals surface area contributed by atoms with E-state index >= 15 is 0 Å². The number of anilines is 1. The van der Waals surface area contributed by atoms with Gasteiger partial charge in [0.15, 0.2) is 0 Å². The average Bonchev–Trinajstić information content (AvgIpc) is 2.54. The quantitative estimate of drug-likeness (QED) is 0.860. The van der Waals surface area contributed by atoms with Crippen molar-refractivity contribution in [2.45, 2.75) is 46.4 Å². The fourth-order valence-corrected chi connectivity index (χ4v) is 2.29. The molecule has 1 heterocycles.